The molecule has 2 aromatic heterocycles. The highest BCUT2D eigenvalue weighted by Crippen LogP contribution is 2.30. The molecule has 0 saturated heterocycles. The van der Waals surface area contributed by atoms with Crippen LogP contribution in [-0.2, 0) is 4.79 Å². The Morgan fingerprint density at radius 2 is 1.83 bits per heavy atom. The predicted octanol–water partition coefficient (Wildman–Crippen LogP) is 3.62. The molecular weight excluding hydrogens is 366 g/mol. The summed E-state index contributed by atoms with van der Waals surface area (Å²) in [7, 11) is 0. The predicted molar refractivity (Wildman–Crippen MR) is 108 cm³/mol. The summed E-state index contributed by atoms with van der Waals surface area (Å²) in [4.78, 5) is 32.9. The van der Waals surface area contributed by atoms with E-state index in [1.54, 1.807) is 42.7 Å². The van der Waals surface area contributed by atoms with Crippen molar-refractivity contribution in [3.05, 3.63) is 72.2 Å². The average molecular weight is 383 g/mol. The normalized spacial score (nSPS) is 12.7. The molecule has 142 valence electrons. The van der Waals surface area contributed by atoms with E-state index < -0.39 is 0 Å². The molecule has 2 heterocycles. The average Bonchev–Trinajstić information content (AvgIpc) is 3.60. The standard InChI is InChI=1S/C22H17N5O2/c23-12-14-1-3-15(4-2-14)18-8-9-24-13-19(18)26-22(29)17-7-10-25-20(11-17)27-21(28)16-5-6-16/h1-4,7-11,13,16H,5-6H2,(H,26,29)(H,25,27,28). The van der Waals surface area contributed by atoms with E-state index in [0.29, 0.717) is 22.6 Å². The van der Waals surface area contributed by atoms with E-state index in [2.05, 4.69) is 26.7 Å². The van der Waals surface area contributed by atoms with Gasteiger partial charge in [0, 0.05) is 29.4 Å². The lowest BCUT2D eigenvalue weighted by molar-refractivity contribution is -0.117. The van der Waals surface area contributed by atoms with Crippen LogP contribution in [0.5, 0.6) is 0 Å². The molecule has 0 unspecified atom stereocenters. The molecule has 1 fully saturated rings. The van der Waals surface area contributed by atoms with Crippen molar-refractivity contribution in [2.24, 2.45) is 5.92 Å². The van der Waals surface area contributed by atoms with Crippen molar-refractivity contribution in [3.8, 4) is 17.2 Å². The van der Waals surface area contributed by atoms with Gasteiger partial charge in [0.15, 0.2) is 0 Å². The summed E-state index contributed by atoms with van der Waals surface area (Å²) in [6.45, 7) is 0. The summed E-state index contributed by atoms with van der Waals surface area (Å²) in [5.41, 5.74) is 3.12. The maximum absolute atomic E-state index is 12.8. The van der Waals surface area contributed by atoms with Crippen LogP contribution in [0.15, 0.2) is 61.1 Å². The number of nitrogens with one attached hydrogen (secondary N) is 2. The van der Waals surface area contributed by atoms with Gasteiger partial charge in [0.05, 0.1) is 23.5 Å². The minimum Gasteiger partial charge on any atom is -0.320 e. The monoisotopic (exact) mass is 383 g/mol. The molecule has 1 saturated carbocycles. The molecule has 2 N–H and O–H groups in total. The molecule has 0 aliphatic heterocycles. The van der Waals surface area contributed by atoms with Crippen LogP contribution in [0.1, 0.15) is 28.8 Å². The zero-order valence-corrected chi connectivity index (χ0v) is 15.4. The number of benzene rings is 1. The maximum Gasteiger partial charge on any atom is 0.255 e. The number of hydrogen-bond donors (Lipinski definition) is 2. The molecule has 7 nitrogen and oxygen atoms in total. The van der Waals surface area contributed by atoms with Crippen LogP contribution in [0.4, 0.5) is 11.5 Å². The van der Waals surface area contributed by atoms with Gasteiger partial charge in [0.1, 0.15) is 5.82 Å². The zero-order valence-electron chi connectivity index (χ0n) is 15.4. The second kappa shape index (κ2) is 7.90. The van der Waals surface area contributed by atoms with Gasteiger partial charge in [0.2, 0.25) is 5.91 Å². The second-order valence-corrected chi connectivity index (χ2v) is 6.76. The molecule has 1 aliphatic rings. The fourth-order valence-corrected chi connectivity index (χ4v) is 2.88. The highest BCUT2D eigenvalue weighted by Gasteiger charge is 2.29. The summed E-state index contributed by atoms with van der Waals surface area (Å²) in [6, 6.07) is 14.1. The molecular formula is C22H17N5O2. The molecule has 1 aromatic carbocycles. The maximum atomic E-state index is 12.8. The number of aromatic nitrogens is 2. The molecule has 0 spiro atoms. The number of hydrogen-bond acceptors (Lipinski definition) is 5. The smallest absolute Gasteiger partial charge is 0.255 e. The SMILES string of the molecule is N#Cc1ccc(-c2ccncc2NC(=O)c2ccnc(NC(=O)C3CC3)c2)cc1. The summed E-state index contributed by atoms with van der Waals surface area (Å²) in [5.74, 6) is 0.00958. The molecule has 0 atom stereocenters. The van der Waals surface area contributed by atoms with Gasteiger partial charge in [-0.2, -0.15) is 5.26 Å². The lowest BCUT2D eigenvalue weighted by Crippen LogP contribution is -2.16. The largest absolute Gasteiger partial charge is 0.320 e. The third-order valence-electron chi connectivity index (χ3n) is 4.62. The van der Waals surface area contributed by atoms with Gasteiger partial charge in [-0.05, 0) is 48.7 Å². The van der Waals surface area contributed by atoms with Crippen LogP contribution >= 0.6 is 0 Å². The number of pyridine rings is 2. The minimum atomic E-state index is -0.336. The summed E-state index contributed by atoms with van der Waals surface area (Å²) >= 11 is 0. The fraction of sp³-hybridized carbons (Fsp3) is 0.136. The minimum absolute atomic E-state index is 0.0552. The van der Waals surface area contributed by atoms with Crippen molar-refractivity contribution in [1.82, 2.24) is 9.97 Å². The Morgan fingerprint density at radius 1 is 1.03 bits per heavy atom. The number of nitriles is 1. The van der Waals surface area contributed by atoms with E-state index in [1.165, 1.54) is 6.20 Å². The first kappa shape index (κ1) is 18.3. The number of carbonyl (C=O) groups excluding carboxylic acids is 2. The first-order valence-corrected chi connectivity index (χ1v) is 9.17. The third-order valence-corrected chi connectivity index (χ3v) is 4.62. The molecule has 3 aromatic rings. The van der Waals surface area contributed by atoms with Gasteiger partial charge >= 0.3 is 0 Å². The van der Waals surface area contributed by atoms with E-state index in [-0.39, 0.29) is 17.7 Å². The Balaban J connectivity index is 1.54. The van der Waals surface area contributed by atoms with Crippen LogP contribution in [0.25, 0.3) is 11.1 Å². The first-order valence-electron chi connectivity index (χ1n) is 9.17. The van der Waals surface area contributed by atoms with Gasteiger partial charge in [-0.25, -0.2) is 4.98 Å². The van der Waals surface area contributed by atoms with Crippen molar-refractivity contribution < 1.29 is 9.59 Å². The molecule has 0 radical (unpaired) electrons. The zero-order chi connectivity index (χ0) is 20.2. The Labute approximate surface area is 167 Å². The number of anilines is 2. The number of amides is 2. The van der Waals surface area contributed by atoms with E-state index in [4.69, 9.17) is 5.26 Å². The van der Waals surface area contributed by atoms with Gasteiger partial charge < -0.3 is 10.6 Å². The van der Waals surface area contributed by atoms with Crippen molar-refractivity contribution in [1.29, 1.82) is 5.26 Å². The van der Waals surface area contributed by atoms with Crippen molar-refractivity contribution in [2.45, 2.75) is 12.8 Å². The third kappa shape index (κ3) is 4.28. The lowest BCUT2D eigenvalue weighted by Gasteiger charge is -2.11. The van der Waals surface area contributed by atoms with Crippen LogP contribution in [0.3, 0.4) is 0 Å². The van der Waals surface area contributed by atoms with Crippen LogP contribution in [0.2, 0.25) is 0 Å². The highest BCUT2D eigenvalue weighted by molar-refractivity contribution is 6.07. The lowest BCUT2D eigenvalue weighted by atomic mass is 10.0. The topological polar surface area (TPSA) is 108 Å². The molecule has 0 bridgehead atoms. The molecule has 7 heteroatoms. The second-order valence-electron chi connectivity index (χ2n) is 6.76. The van der Waals surface area contributed by atoms with Crippen LogP contribution in [-0.4, -0.2) is 21.8 Å². The quantitative estimate of drug-likeness (QED) is 0.700. The summed E-state index contributed by atoms with van der Waals surface area (Å²) in [6.07, 6.45) is 6.49. The van der Waals surface area contributed by atoms with Gasteiger partial charge in [-0.1, -0.05) is 12.1 Å². The van der Waals surface area contributed by atoms with Gasteiger partial charge in [-0.15, -0.1) is 0 Å². The van der Waals surface area contributed by atoms with Crippen LogP contribution in [0, 0.1) is 17.2 Å². The van der Waals surface area contributed by atoms with E-state index >= 15 is 0 Å². The molecule has 29 heavy (non-hydrogen) atoms. The Bertz CT molecular complexity index is 1110. The van der Waals surface area contributed by atoms with Crippen molar-refractivity contribution in [2.75, 3.05) is 10.6 Å². The van der Waals surface area contributed by atoms with E-state index in [9.17, 15) is 9.59 Å². The Kier molecular flexibility index (Phi) is 4.99. The number of carbonyl (C=O) groups is 2. The summed E-state index contributed by atoms with van der Waals surface area (Å²) in [5, 5.41) is 14.6. The highest BCUT2D eigenvalue weighted by atomic mass is 16.2. The number of rotatable bonds is 5. The number of nitrogens with zero attached hydrogens (tertiary/aromatic N) is 3. The Morgan fingerprint density at radius 3 is 2.55 bits per heavy atom. The van der Waals surface area contributed by atoms with E-state index in [0.717, 1.165) is 24.0 Å². The van der Waals surface area contributed by atoms with Crippen LogP contribution < -0.4 is 10.6 Å². The molecule has 2 amide bonds. The fourth-order valence-electron chi connectivity index (χ4n) is 2.88. The Hall–Kier alpha value is -4.05. The van der Waals surface area contributed by atoms with E-state index in [1.807, 2.05) is 12.1 Å². The van der Waals surface area contributed by atoms with Crippen molar-refractivity contribution in [3.63, 3.8) is 0 Å². The van der Waals surface area contributed by atoms with Crippen molar-refractivity contribution >= 4 is 23.3 Å². The molecule has 1 aliphatic carbocycles. The molecule has 4 rings (SSSR count). The van der Waals surface area contributed by atoms with Gasteiger partial charge in [-0.3, -0.25) is 14.6 Å². The summed E-state index contributed by atoms with van der Waals surface area (Å²) < 4.78 is 0. The van der Waals surface area contributed by atoms with Gasteiger partial charge in [0.25, 0.3) is 5.91 Å². The first-order chi connectivity index (χ1) is 14.1.